The van der Waals surface area contributed by atoms with Crippen LogP contribution in [0.3, 0.4) is 0 Å². The van der Waals surface area contributed by atoms with E-state index in [1.807, 2.05) is 13.0 Å². The Morgan fingerprint density at radius 2 is 2.20 bits per heavy atom. The molecule has 1 fully saturated rings. The summed E-state index contributed by atoms with van der Waals surface area (Å²) < 4.78 is 6.38. The first-order valence-electron chi connectivity index (χ1n) is 7.94. The SMILES string of the molecule is CCc1nc(C)ccc1OC(CC(C)C)C1CCNC1. The summed E-state index contributed by atoms with van der Waals surface area (Å²) in [5.74, 6) is 2.27. The predicted molar refractivity (Wildman–Crippen MR) is 83.2 cm³/mol. The van der Waals surface area contributed by atoms with Crippen molar-refractivity contribution in [3.63, 3.8) is 0 Å². The van der Waals surface area contributed by atoms with Gasteiger partial charge in [-0.25, -0.2) is 0 Å². The van der Waals surface area contributed by atoms with Crippen LogP contribution in [-0.4, -0.2) is 24.2 Å². The number of pyridine rings is 1. The van der Waals surface area contributed by atoms with E-state index >= 15 is 0 Å². The van der Waals surface area contributed by atoms with Crippen molar-refractivity contribution in [3.8, 4) is 5.75 Å². The maximum atomic E-state index is 6.38. The van der Waals surface area contributed by atoms with E-state index in [0.717, 1.165) is 43.1 Å². The number of hydrogen-bond donors (Lipinski definition) is 1. The van der Waals surface area contributed by atoms with Crippen molar-refractivity contribution in [1.82, 2.24) is 10.3 Å². The molecule has 0 saturated carbocycles. The topological polar surface area (TPSA) is 34.1 Å². The molecule has 1 saturated heterocycles. The van der Waals surface area contributed by atoms with E-state index in [1.165, 1.54) is 6.42 Å². The molecule has 2 unspecified atom stereocenters. The van der Waals surface area contributed by atoms with E-state index in [2.05, 4.69) is 37.1 Å². The predicted octanol–water partition coefficient (Wildman–Crippen LogP) is 3.36. The smallest absolute Gasteiger partial charge is 0.141 e. The zero-order chi connectivity index (χ0) is 14.5. The van der Waals surface area contributed by atoms with E-state index in [0.29, 0.717) is 17.9 Å². The molecule has 1 aromatic rings. The molecular weight excluding hydrogens is 248 g/mol. The third-order valence-electron chi connectivity index (χ3n) is 4.01. The second-order valence-corrected chi connectivity index (χ2v) is 6.29. The Hall–Kier alpha value is -1.09. The molecule has 2 heterocycles. The Kier molecular flexibility index (Phi) is 5.41. The quantitative estimate of drug-likeness (QED) is 0.865. The maximum Gasteiger partial charge on any atom is 0.141 e. The van der Waals surface area contributed by atoms with Crippen LogP contribution in [0, 0.1) is 18.8 Å². The van der Waals surface area contributed by atoms with Crippen LogP contribution in [0.25, 0.3) is 0 Å². The minimum atomic E-state index is 0.305. The van der Waals surface area contributed by atoms with Crippen molar-refractivity contribution < 1.29 is 4.74 Å². The number of ether oxygens (including phenoxy) is 1. The summed E-state index contributed by atoms with van der Waals surface area (Å²) in [6, 6.07) is 4.14. The van der Waals surface area contributed by atoms with Gasteiger partial charge in [0, 0.05) is 18.2 Å². The van der Waals surface area contributed by atoms with Gasteiger partial charge >= 0.3 is 0 Å². The third kappa shape index (κ3) is 3.95. The van der Waals surface area contributed by atoms with Gasteiger partial charge in [-0.05, 0) is 50.8 Å². The van der Waals surface area contributed by atoms with Gasteiger partial charge in [0.2, 0.25) is 0 Å². The van der Waals surface area contributed by atoms with Crippen LogP contribution in [0.1, 0.15) is 45.0 Å². The highest BCUT2D eigenvalue weighted by molar-refractivity contribution is 5.29. The molecule has 20 heavy (non-hydrogen) atoms. The summed E-state index contributed by atoms with van der Waals surface area (Å²) in [7, 11) is 0. The lowest BCUT2D eigenvalue weighted by atomic mass is 9.93. The Morgan fingerprint density at radius 3 is 2.80 bits per heavy atom. The molecule has 0 aromatic carbocycles. The first kappa shape index (κ1) is 15.3. The molecule has 1 aliphatic heterocycles. The van der Waals surface area contributed by atoms with Gasteiger partial charge in [-0.15, -0.1) is 0 Å². The van der Waals surface area contributed by atoms with E-state index in [9.17, 15) is 0 Å². The molecule has 1 aliphatic rings. The first-order chi connectivity index (χ1) is 9.60. The molecule has 1 aromatic heterocycles. The zero-order valence-electron chi connectivity index (χ0n) is 13.3. The molecule has 2 rings (SSSR count). The van der Waals surface area contributed by atoms with Crippen molar-refractivity contribution >= 4 is 0 Å². The van der Waals surface area contributed by atoms with Crippen LogP contribution >= 0.6 is 0 Å². The highest BCUT2D eigenvalue weighted by Crippen LogP contribution is 2.27. The highest BCUT2D eigenvalue weighted by atomic mass is 16.5. The van der Waals surface area contributed by atoms with Gasteiger partial charge in [-0.1, -0.05) is 20.8 Å². The van der Waals surface area contributed by atoms with Gasteiger partial charge < -0.3 is 10.1 Å². The summed E-state index contributed by atoms with van der Waals surface area (Å²) >= 11 is 0. The second-order valence-electron chi connectivity index (χ2n) is 6.29. The number of nitrogens with one attached hydrogen (secondary N) is 1. The van der Waals surface area contributed by atoms with E-state index < -0.39 is 0 Å². The number of aryl methyl sites for hydroxylation is 2. The molecule has 3 heteroatoms. The molecule has 1 N–H and O–H groups in total. The Labute approximate surface area is 123 Å². The fourth-order valence-corrected chi connectivity index (χ4v) is 2.92. The van der Waals surface area contributed by atoms with Gasteiger partial charge in [0.1, 0.15) is 11.9 Å². The standard InChI is InChI=1S/C17H28N2O/c1-5-15-16(7-6-13(4)19-15)20-17(10-12(2)3)14-8-9-18-11-14/h6-7,12,14,17-18H,5,8-11H2,1-4H3. The normalized spacial score (nSPS) is 20.4. The second kappa shape index (κ2) is 7.07. The maximum absolute atomic E-state index is 6.38. The molecule has 2 atom stereocenters. The largest absolute Gasteiger partial charge is 0.488 e. The number of rotatable bonds is 6. The fraction of sp³-hybridized carbons (Fsp3) is 0.706. The lowest BCUT2D eigenvalue weighted by Gasteiger charge is -2.27. The summed E-state index contributed by atoms with van der Waals surface area (Å²) in [6.45, 7) is 10.9. The minimum Gasteiger partial charge on any atom is -0.488 e. The number of nitrogens with zero attached hydrogens (tertiary/aromatic N) is 1. The lowest BCUT2D eigenvalue weighted by Crippen LogP contribution is -2.30. The molecule has 0 aliphatic carbocycles. The summed E-state index contributed by atoms with van der Waals surface area (Å²) in [5, 5.41) is 3.45. The van der Waals surface area contributed by atoms with Gasteiger partial charge in [0.15, 0.2) is 0 Å². The number of hydrogen-bond acceptors (Lipinski definition) is 3. The van der Waals surface area contributed by atoms with Crippen LogP contribution in [0.4, 0.5) is 0 Å². The van der Waals surface area contributed by atoms with Gasteiger partial charge in [-0.3, -0.25) is 4.98 Å². The van der Waals surface area contributed by atoms with Crippen molar-refractivity contribution in [2.75, 3.05) is 13.1 Å². The fourth-order valence-electron chi connectivity index (χ4n) is 2.92. The molecule has 3 nitrogen and oxygen atoms in total. The molecule has 0 amide bonds. The summed E-state index contributed by atoms with van der Waals surface area (Å²) in [4.78, 5) is 4.61. The Bertz CT molecular complexity index is 425. The monoisotopic (exact) mass is 276 g/mol. The Balaban J connectivity index is 2.13. The van der Waals surface area contributed by atoms with Gasteiger partial charge in [0.05, 0.1) is 5.69 Å². The van der Waals surface area contributed by atoms with Crippen molar-refractivity contribution in [2.45, 2.75) is 53.1 Å². The highest BCUT2D eigenvalue weighted by Gasteiger charge is 2.27. The minimum absolute atomic E-state index is 0.305. The van der Waals surface area contributed by atoms with Crippen LogP contribution in [-0.2, 0) is 6.42 Å². The van der Waals surface area contributed by atoms with Crippen molar-refractivity contribution in [1.29, 1.82) is 0 Å². The van der Waals surface area contributed by atoms with Gasteiger partial charge in [-0.2, -0.15) is 0 Å². The van der Waals surface area contributed by atoms with Crippen molar-refractivity contribution in [3.05, 3.63) is 23.5 Å². The molecule has 0 radical (unpaired) electrons. The average Bonchev–Trinajstić information content (AvgIpc) is 2.93. The average molecular weight is 276 g/mol. The lowest BCUT2D eigenvalue weighted by molar-refractivity contribution is 0.118. The van der Waals surface area contributed by atoms with Crippen LogP contribution < -0.4 is 10.1 Å². The van der Waals surface area contributed by atoms with Crippen LogP contribution in [0.2, 0.25) is 0 Å². The molecular formula is C17H28N2O. The zero-order valence-corrected chi connectivity index (χ0v) is 13.3. The van der Waals surface area contributed by atoms with Crippen molar-refractivity contribution in [2.24, 2.45) is 11.8 Å². The van der Waals surface area contributed by atoms with E-state index in [4.69, 9.17) is 4.74 Å². The number of aromatic nitrogens is 1. The molecule has 112 valence electrons. The Morgan fingerprint density at radius 1 is 1.40 bits per heavy atom. The summed E-state index contributed by atoms with van der Waals surface area (Å²) in [6.07, 6.45) is 3.57. The van der Waals surface area contributed by atoms with Crippen LogP contribution in [0.15, 0.2) is 12.1 Å². The molecule has 0 bridgehead atoms. The summed E-state index contributed by atoms with van der Waals surface area (Å²) in [5.41, 5.74) is 2.15. The van der Waals surface area contributed by atoms with Gasteiger partial charge in [0.25, 0.3) is 0 Å². The first-order valence-corrected chi connectivity index (χ1v) is 7.94. The molecule has 0 spiro atoms. The van der Waals surface area contributed by atoms with Crippen LogP contribution in [0.5, 0.6) is 5.75 Å². The third-order valence-corrected chi connectivity index (χ3v) is 4.01. The van der Waals surface area contributed by atoms with E-state index in [1.54, 1.807) is 0 Å². The van der Waals surface area contributed by atoms with E-state index in [-0.39, 0.29) is 0 Å².